The number of amides is 1. The predicted molar refractivity (Wildman–Crippen MR) is 107 cm³/mol. The van der Waals surface area contributed by atoms with E-state index >= 15 is 0 Å². The van der Waals surface area contributed by atoms with Gasteiger partial charge >= 0.3 is 0 Å². The molecule has 0 radical (unpaired) electrons. The minimum Gasteiger partial charge on any atom is -0.497 e. The molecule has 0 bridgehead atoms. The highest BCUT2D eigenvalue weighted by molar-refractivity contribution is 5.96. The van der Waals surface area contributed by atoms with E-state index in [4.69, 9.17) is 4.74 Å². The third kappa shape index (κ3) is 3.89. The van der Waals surface area contributed by atoms with Crippen LogP contribution in [0.2, 0.25) is 0 Å². The van der Waals surface area contributed by atoms with Crippen LogP contribution >= 0.6 is 12.4 Å². The number of aromatic nitrogens is 1. The molecule has 142 valence electrons. The number of methoxy groups -OCH3 is 1. The Balaban J connectivity index is 0.00000243. The van der Waals surface area contributed by atoms with Crippen LogP contribution < -0.4 is 10.1 Å². The summed E-state index contributed by atoms with van der Waals surface area (Å²) in [4.78, 5) is 15.0. The molecule has 2 heterocycles. The number of nitrogens with one attached hydrogen (secondary N) is 1. The first-order valence-electron chi connectivity index (χ1n) is 8.82. The molecule has 1 aromatic heterocycles. The Hall–Kier alpha value is -1.98. The van der Waals surface area contributed by atoms with Crippen LogP contribution in [0.1, 0.15) is 28.2 Å². The second kappa shape index (κ2) is 8.60. The van der Waals surface area contributed by atoms with Gasteiger partial charge in [-0.2, -0.15) is 0 Å². The first-order valence-corrected chi connectivity index (χ1v) is 8.82. The number of likely N-dealkylation sites (tertiary alicyclic amines) is 1. The maximum absolute atomic E-state index is 13.0. The predicted octanol–water partition coefficient (Wildman–Crippen LogP) is 3.21. The highest BCUT2D eigenvalue weighted by Crippen LogP contribution is 2.25. The van der Waals surface area contributed by atoms with Crippen molar-refractivity contribution in [3.63, 3.8) is 0 Å². The first-order chi connectivity index (χ1) is 12.0. The number of nitrogens with zero attached hydrogens (tertiary/aromatic N) is 2. The minimum atomic E-state index is 0. The van der Waals surface area contributed by atoms with Crippen LogP contribution in [-0.4, -0.2) is 49.2 Å². The number of aryl methyl sites for hydroxylation is 1. The standard InChI is InChI=1S/C20H27N3O2.ClH/c1-14-11-19(20(24)22-10-9-16(13-22)12-21-3)15(2)23(14)17-5-7-18(25-4)8-6-17;/h5-8,11,16,21H,9-10,12-13H2,1-4H3;1H. The van der Waals surface area contributed by atoms with Crippen LogP contribution in [0, 0.1) is 19.8 Å². The van der Waals surface area contributed by atoms with Crippen molar-refractivity contribution in [3.8, 4) is 11.4 Å². The van der Waals surface area contributed by atoms with Gasteiger partial charge in [0, 0.05) is 30.2 Å². The normalized spacial score (nSPS) is 16.5. The van der Waals surface area contributed by atoms with Crippen molar-refractivity contribution in [2.24, 2.45) is 5.92 Å². The minimum absolute atomic E-state index is 0. The summed E-state index contributed by atoms with van der Waals surface area (Å²) in [5.41, 5.74) is 3.91. The lowest BCUT2D eigenvalue weighted by Crippen LogP contribution is -2.30. The third-order valence-electron chi connectivity index (χ3n) is 5.06. The molecule has 1 N–H and O–H groups in total. The molecular formula is C20H28ClN3O2. The number of halogens is 1. The Morgan fingerprint density at radius 3 is 2.58 bits per heavy atom. The lowest BCUT2D eigenvalue weighted by atomic mass is 10.1. The highest BCUT2D eigenvalue weighted by atomic mass is 35.5. The Morgan fingerprint density at radius 1 is 1.27 bits per heavy atom. The molecule has 2 aromatic rings. The molecule has 0 aliphatic carbocycles. The molecular weight excluding hydrogens is 350 g/mol. The van der Waals surface area contributed by atoms with Crippen LogP contribution in [0.4, 0.5) is 0 Å². The zero-order valence-corrected chi connectivity index (χ0v) is 16.7. The number of benzene rings is 1. The first kappa shape index (κ1) is 20.3. The van der Waals surface area contributed by atoms with Gasteiger partial charge in [0.1, 0.15) is 5.75 Å². The Morgan fingerprint density at radius 2 is 1.96 bits per heavy atom. The summed E-state index contributed by atoms with van der Waals surface area (Å²) < 4.78 is 7.36. The maximum Gasteiger partial charge on any atom is 0.255 e. The molecule has 0 saturated carbocycles. The van der Waals surface area contributed by atoms with E-state index < -0.39 is 0 Å². The van der Waals surface area contributed by atoms with Crippen molar-refractivity contribution in [3.05, 3.63) is 47.3 Å². The van der Waals surface area contributed by atoms with Crippen molar-refractivity contribution in [2.45, 2.75) is 20.3 Å². The van der Waals surface area contributed by atoms with Gasteiger partial charge in [-0.25, -0.2) is 0 Å². The van der Waals surface area contributed by atoms with Gasteiger partial charge in [-0.3, -0.25) is 4.79 Å². The molecule has 1 fully saturated rings. The van der Waals surface area contributed by atoms with Gasteiger partial charge < -0.3 is 19.5 Å². The van der Waals surface area contributed by atoms with Gasteiger partial charge in [0.25, 0.3) is 5.91 Å². The average Bonchev–Trinajstić information content (AvgIpc) is 3.19. The molecule has 1 aliphatic heterocycles. The van der Waals surface area contributed by atoms with Crippen molar-refractivity contribution in [2.75, 3.05) is 33.8 Å². The van der Waals surface area contributed by atoms with Crippen LogP contribution in [0.15, 0.2) is 30.3 Å². The van der Waals surface area contributed by atoms with E-state index in [1.807, 2.05) is 56.1 Å². The highest BCUT2D eigenvalue weighted by Gasteiger charge is 2.28. The third-order valence-corrected chi connectivity index (χ3v) is 5.06. The zero-order chi connectivity index (χ0) is 18.0. The molecule has 1 unspecified atom stereocenters. The largest absolute Gasteiger partial charge is 0.497 e. The van der Waals surface area contributed by atoms with Crippen molar-refractivity contribution < 1.29 is 9.53 Å². The van der Waals surface area contributed by atoms with E-state index in [2.05, 4.69) is 9.88 Å². The van der Waals surface area contributed by atoms with Crippen molar-refractivity contribution in [1.82, 2.24) is 14.8 Å². The summed E-state index contributed by atoms with van der Waals surface area (Å²) in [6.07, 6.45) is 1.07. The molecule has 6 heteroatoms. The van der Waals surface area contributed by atoms with Gasteiger partial charge in [-0.15, -0.1) is 12.4 Å². The van der Waals surface area contributed by atoms with Crippen LogP contribution in [-0.2, 0) is 0 Å². The molecule has 1 aliphatic rings. The Bertz CT molecular complexity index is 755. The number of carbonyl (C=O) groups excluding carboxylic acids is 1. The molecule has 1 amide bonds. The smallest absolute Gasteiger partial charge is 0.255 e. The van der Waals surface area contributed by atoms with Crippen LogP contribution in [0.5, 0.6) is 5.75 Å². The molecule has 1 aromatic carbocycles. The quantitative estimate of drug-likeness (QED) is 0.870. The summed E-state index contributed by atoms with van der Waals surface area (Å²) >= 11 is 0. The fourth-order valence-electron chi connectivity index (χ4n) is 3.75. The van der Waals surface area contributed by atoms with Gasteiger partial charge in [0.15, 0.2) is 0 Å². The van der Waals surface area contributed by atoms with E-state index in [-0.39, 0.29) is 18.3 Å². The van der Waals surface area contributed by atoms with E-state index in [0.717, 1.165) is 54.4 Å². The summed E-state index contributed by atoms with van der Waals surface area (Å²) in [5.74, 6) is 1.53. The summed E-state index contributed by atoms with van der Waals surface area (Å²) in [6, 6.07) is 9.93. The van der Waals surface area contributed by atoms with Crippen LogP contribution in [0.25, 0.3) is 5.69 Å². The lowest BCUT2D eigenvalue weighted by molar-refractivity contribution is 0.0786. The zero-order valence-electron chi connectivity index (χ0n) is 15.9. The second-order valence-electron chi connectivity index (χ2n) is 6.78. The van der Waals surface area contributed by atoms with Gasteiger partial charge in [0.2, 0.25) is 0 Å². The Kier molecular flexibility index (Phi) is 6.73. The Labute approximate surface area is 161 Å². The average molecular weight is 378 g/mol. The summed E-state index contributed by atoms with van der Waals surface area (Å²) in [7, 11) is 3.63. The summed E-state index contributed by atoms with van der Waals surface area (Å²) in [5, 5.41) is 3.21. The van der Waals surface area contributed by atoms with E-state index in [1.54, 1.807) is 7.11 Å². The molecule has 1 saturated heterocycles. The van der Waals surface area contributed by atoms with Gasteiger partial charge in [-0.1, -0.05) is 0 Å². The van der Waals surface area contributed by atoms with E-state index in [9.17, 15) is 4.79 Å². The molecule has 0 spiro atoms. The summed E-state index contributed by atoms with van der Waals surface area (Å²) in [6.45, 7) is 6.71. The molecule has 5 nitrogen and oxygen atoms in total. The lowest BCUT2D eigenvalue weighted by Gasteiger charge is -2.17. The topological polar surface area (TPSA) is 46.5 Å². The SMILES string of the molecule is CNCC1CCN(C(=O)c2cc(C)n(-c3ccc(OC)cc3)c2C)C1.Cl. The fourth-order valence-corrected chi connectivity index (χ4v) is 3.75. The van der Waals surface area contributed by atoms with E-state index in [1.165, 1.54) is 0 Å². The number of ether oxygens (including phenoxy) is 1. The van der Waals surface area contributed by atoms with Crippen molar-refractivity contribution >= 4 is 18.3 Å². The molecule has 3 rings (SSSR count). The van der Waals surface area contributed by atoms with Crippen LogP contribution in [0.3, 0.4) is 0 Å². The fraction of sp³-hybridized carbons (Fsp3) is 0.450. The van der Waals surface area contributed by atoms with E-state index in [0.29, 0.717) is 5.92 Å². The maximum atomic E-state index is 13.0. The van der Waals surface area contributed by atoms with Crippen molar-refractivity contribution in [1.29, 1.82) is 0 Å². The number of hydrogen-bond donors (Lipinski definition) is 1. The number of rotatable bonds is 5. The number of hydrogen-bond acceptors (Lipinski definition) is 3. The monoisotopic (exact) mass is 377 g/mol. The van der Waals surface area contributed by atoms with Gasteiger partial charge in [0.05, 0.1) is 12.7 Å². The second-order valence-corrected chi connectivity index (χ2v) is 6.78. The van der Waals surface area contributed by atoms with Gasteiger partial charge in [-0.05, 0) is 70.1 Å². The molecule has 26 heavy (non-hydrogen) atoms. The molecule has 1 atom stereocenters. The number of carbonyl (C=O) groups is 1.